The van der Waals surface area contributed by atoms with E-state index >= 15 is 0 Å². The van der Waals surface area contributed by atoms with Gasteiger partial charge >= 0.3 is 0 Å². The Kier molecular flexibility index (Phi) is 3.51. The van der Waals surface area contributed by atoms with Crippen molar-refractivity contribution >= 4 is 17.5 Å². The van der Waals surface area contributed by atoms with E-state index in [2.05, 4.69) is 20.7 Å². The molecule has 0 saturated carbocycles. The van der Waals surface area contributed by atoms with E-state index in [-0.39, 0.29) is 12.5 Å². The van der Waals surface area contributed by atoms with Crippen molar-refractivity contribution in [1.82, 2.24) is 24.8 Å². The van der Waals surface area contributed by atoms with Crippen LogP contribution in [0.25, 0.3) is 5.65 Å². The minimum atomic E-state index is 0.0853. The molecule has 7 nitrogen and oxygen atoms in total. The number of piperazine rings is 1. The van der Waals surface area contributed by atoms with Crippen LogP contribution < -0.4 is 10.6 Å². The summed E-state index contributed by atoms with van der Waals surface area (Å²) in [5, 5.41) is 10.5. The Hall–Kier alpha value is -2.15. The first-order valence-corrected chi connectivity index (χ1v) is 6.78. The number of nitrogens with one attached hydrogen (secondary N) is 2. The molecular weight excluding hydrogens is 256 g/mol. The maximum atomic E-state index is 12.0. The SMILES string of the molecule is Cc1cccn2nc(NCC(=O)N3CCNCC3)nc12. The van der Waals surface area contributed by atoms with Gasteiger partial charge in [-0.3, -0.25) is 4.79 Å². The molecular formula is C13H18N6O. The summed E-state index contributed by atoms with van der Waals surface area (Å²) in [5.41, 5.74) is 1.87. The highest BCUT2D eigenvalue weighted by Crippen LogP contribution is 2.09. The largest absolute Gasteiger partial charge is 0.344 e. The Morgan fingerprint density at radius 1 is 1.45 bits per heavy atom. The van der Waals surface area contributed by atoms with E-state index in [0.717, 1.165) is 37.4 Å². The summed E-state index contributed by atoms with van der Waals surface area (Å²) in [4.78, 5) is 18.3. The van der Waals surface area contributed by atoms with Crippen molar-refractivity contribution in [3.8, 4) is 0 Å². The van der Waals surface area contributed by atoms with Crippen molar-refractivity contribution in [3.05, 3.63) is 23.9 Å². The molecule has 1 saturated heterocycles. The molecule has 0 radical (unpaired) electrons. The van der Waals surface area contributed by atoms with Crippen LogP contribution in [0.5, 0.6) is 0 Å². The second kappa shape index (κ2) is 5.46. The van der Waals surface area contributed by atoms with Crippen LogP contribution >= 0.6 is 0 Å². The molecule has 3 heterocycles. The molecule has 0 aromatic carbocycles. The molecule has 0 atom stereocenters. The fourth-order valence-corrected chi connectivity index (χ4v) is 2.30. The van der Waals surface area contributed by atoms with E-state index in [1.165, 1.54) is 0 Å². The van der Waals surface area contributed by atoms with Gasteiger partial charge in [-0.2, -0.15) is 4.98 Å². The molecule has 7 heteroatoms. The van der Waals surface area contributed by atoms with Crippen LogP contribution in [-0.2, 0) is 4.79 Å². The number of aromatic nitrogens is 3. The van der Waals surface area contributed by atoms with E-state index in [0.29, 0.717) is 5.95 Å². The van der Waals surface area contributed by atoms with Gasteiger partial charge in [-0.15, -0.1) is 5.10 Å². The van der Waals surface area contributed by atoms with Crippen LogP contribution in [0.4, 0.5) is 5.95 Å². The third kappa shape index (κ3) is 2.57. The minimum absolute atomic E-state index is 0.0853. The van der Waals surface area contributed by atoms with Gasteiger partial charge in [-0.25, -0.2) is 4.52 Å². The molecule has 0 unspecified atom stereocenters. The zero-order valence-corrected chi connectivity index (χ0v) is 11.5. The van der Waals surface area contributed by atoms with Gasteiger partial charge in [0, 0.05) is 32.4 Å². The van der Waals surface area contributed by atoms with Gasteiger partial charge in [0.1, 0.15) is 0 Å². The third-order valence-electron chi connectivity index (χ3n) is 3.42. The maximum absolute atomic E-state index is 12.0. The predicted molar refractivity (Wildman–Crippen MR) is 75.7 cm³/mol. The molecule has 0 bridgehead atoms. The summed E-state index contributed by atoms with van der Waals surface area (Å²) in [6, 6.07) is 3.91. The number of amides is 1. The fraction of sp³-hybridized carbons (Fsp3) is 0.462. The summed E-state index contributed by atoms with van der Waals surface area (Å²) in [6.07, 6.45) is 1.85. The monoisotopic (exact) mass is 274 g/mol. The second-order valence-corrected chi connectivity index (χ2v) is 4.88. The molecule has 2 aromatic rings. The Bertz CT molecular complexity index is 616. The molecule has 20 heavy (non-hydrogen) atoms. The number of pyridine rings is 1. The lowest BCUT2D eigenvalue weighted by molar-refractivity contribution is -0.129. The molecule has 2 N–H and O–H groups in total. The number of hydrogen-bond donors (Lipinski definition) is 2. The fourth-order valence-electron chi connectivity index (χ4n) is 2.30. The topological polar surface area (TPSA) is 74.6 Å². The molecule has 1 amide bonds. The van der Waals surface area contributed by atoms with Crippen LogP contribution in [-0.4, -0.2) is 58.1 Å². The molecule has 1 aliphatic heterocycles. The molecule has 3 rings (SSSR count). The van der Waals surface area contributed by atoms with Crippen LogP contribution in [0.15, 0.2) is 18.3 Å². The van der Waals surface area contributed by atoms with Gasteiger partial charge in [0.2, 0.25) is 11.9 Å². The second-order valence-electron chi connectivity index (χ2n) is 4.88. The summed E-state index contributed by atoms with van der Waals surface area (Å²) in [5.74, 6) is 0.574. The predicted octanol–water partition coefficient (Wildman–Crippen LogP) is -0.119. The number of aryl methyl sites for hydroxylation is 1. The summed E-state index contributed by atoms with van der Waals surface area (Å²) in [6.45, 7) is 5.46. The maximum Gasteiger partial charge on any atom is 0.243 e. The van der Waals surface area contributed by atoms with Crippen molar-refractivity contribution in [2.45, 2.75) is 6.92 Å². The number of carbonyl (C=O) groups excluding carboxylic acids is 1. The lowest BCUT2D eigenvalue weighted by Crippen LogP contribution is -2.48. The van der Waals surface area contributed by atoms with Gasteiger partial charge in [0.25, 0.3) is 0 Å². The van der Waals surface area contributed by atoms with Crippen molar-refractivity contribution in [2.75, 3.05) is 38.0 Å². The lowest BCUT2D eigenvalue weighted by atomic mass is 10.3. The first-order chi connectivity index (χ1) is 9.74. The summed E-state index contributed by atoms with van der Waals surface area (Å²) in [7, 11) is 0. The van der Waals surface area contributed by atoms with Crippen LogP contribution in [0, 0.1) is 6.92 Å². The van der Waals surface area contributed by atoms with Crippen molar-refractivity contribution < 1.29 is 4.79 Å². The Labute approximate surface area is 117 Å². The lowest BCUT2D eigenvalue weighted by Gasteiger charge is -2.27. The molecule has 1 aliphatic rings. The van der Waals surface area contributed by atoms with E-state index in [9.17, 15) is 4.79 Å². The smallest absolute Gasteiger partial charge is 0.243 e. The number of hydrogen-bond acceptors (Lipinski definition) is 5. The highest BCUT2D eigenvalue weighted by molar-refractivity contribution is 5.80. The number of fused-ring (bicyclic) bond motifs is 1. The minimum Gasteiger partial charge on any atom is -0.344 e. The van der Waals surface area contributed by atoms with Crippen molar-refractivity contribution in [1.29, 1.82) is 0 Å². The number of anilines is 1. The van der Waals surface area contributed by atoms with Gasteiger partial charge in [-0.05, 0) is 18.6 Å². The average Bonchev–Trinajstić information content (AvgIpc) is 2.90. The highest BCUT2D eigenvalue weighted by atomic mass is 16.2. The third-order valence-corrected chi connectivity index (χ3v) is 3.42. The Balaban J connectivity index is 1.64. The van der Waals surface area contributed by atoms with E-state index in [1.807, 2.05) is 30.2 Å². The van der Waals surface area contributed by atoms with Crippen LogP contribution in [0.1, 0.15) is 5.56 Å². The van der Waals surface area contributed by atoms with Gasteiger partial charge < -0.3 is 15.5 Å². The first-order valence-electron chi connectivity index (χ1n) is 6.78. The van der Waals surface area contributed by atoms with Crippen LogP contribution in [0.2, 0.25) is 0 Å². The van der Waals surface area contributed by atoms with Gasteiger partial charge in [0.15, 0.2) is 5.65 Å². The molecule has 1 fully saturated rings. The molecule has 106 valence electrons. The number of nitrogens with zero attached hydrogens (tertiary/aromatic N) is 4. The van der Waals surface area contributed by atoms with Crippen LogP contribution in [0.3, 0.4) is 0 Å². The average molecular weight is 274 g/mol. The van der Waals surface area contributed by atoms with Gasteiger partial charge in [-0.1, -0.05) is 6.07 Å². The zero-order chi connectivity index (χ0) is 13.9. The highest BCUT2D eigenvalue weighted by Gasteiger charge is 2.16. The van der Waals surface area contributed by atoms with Crippen molar-refractivity contribution in [2.24, 2.45) is 0 Å². The molecule has 2 aromatic heterocycles. The molecule has 0 aliphatic carbocycles. The number of carbonyl (C=O) groups is 1. The van der Waals surface area contributed by atoms with E-state index in [4.69, 9.17) is 0 Å². The van der Waals surface area contributed by atoms with E-state index in [1.54, 1.807) is 4.52 Å². The normalized spacial score (nSPS) is 15.6. The Morgan fingerprint density at radius 2 is 2.25 bits per heavy atom. The van der Waals surface area contributed by atoms with E-state index < -0.39 is 0 Å². The standard InChI is InChI=1S/C13H18N6O/c1-10-3-2-6-19-12(10)16-13(17-19)15-9-11(20)18-7-4-14-5-8-18/h2-3,6,14H,4-5,7-9H2,1H3,(H,15,17). The summed E-state index contributed by atoms with van der Waals surface area (Å²) < 4.78 is 1.72. The zero-order valence-electron chi connectivity index (χ0n) is 11.5. The molecule has 0 spiro atoms. The quantitative estimate of drug-likeness (QED) is 0.816. The summed E-state index contributed by atoms with van der Waals surface area (Å²) >= 11 is 0. The first kappa shape index (κ1) is 12.9. The Morgan fingerprint density at radius 3 is 3.00 bits per heavy atom. The van der Waals surface area contributed by atoms with Crippen molar-refractivity contribution in [3.63, 3.8) is 0 Å². The number of rotatable bonds is 3. The van der Waals surface area contributed by atoms with Gasteiger partial charge in [0.05, 0.1) is 6.54 Å².